The minimum Gasteiger partial charge on any atom is -0.508 e. The van der Waals surface area contributed by atoms with Crippen molar-refractivity contribution in [3.8, 4) is 5.75 Å². The first-order valence-electron chi connectivity index (χ1n) is 10.5. The van der Waals surface area contributed by atoms with Gasteiger partial charge in [-0.05, 0) is 73.7 Å². The number of likely N-dealkylation sites (tertiary alicyclic amines) is 1. The number of phenols is 1. The number of rotatable bonds is 2. The maximum Gasteiger partial charge on any atom is 0.168 e. The van der Waals surface area contributed by atoms with Gasteiger partial charge >= 0.3 is 0 Å². The van der Waals surface area contributed by atoms with Crippen LogP contribution in [0.15, 0.2) is 18.2 Å². The third-order valence-electron chi connectivity index (χ3n) is 8.03. The number of phenolic OH excluding ortho intramolecular Hbond substituents is 1. The van der Waals surface area contributed by atoms with Crippen LogP contribution in [0.2, 0.25) is 0 Å². The number of nitrogens with zero attached hydrogens (tertiary/aromatic N) is 1. The summed E-state index contributed by atoms with van der Waals surface area (Å²) in [4.78, 5) is 2.80. The smallest absolute Gasteiger partial charge is 0.168 e. The second-order valence-corrected chi connectivity index (χ2v) is 9.38. The molecule has 5 aliphatic rings. The average molecular weight is 355 g/mol. The van der Waals surface area contributed by atoms with Crippen molar-refractivity contribution < 1.29 is 14.6 Å². The fourth-order valence-electron chi connectivity index (χ4n) is 6.60. The number of fused-ring (bicyclic) bond motifs is 1. The number of hydrogen-bond donors (Lipinski definition) is 1. The van der Waals surface area contributed by atoms with Crippen LogP contribution in [0.25, 0.3) is 0 Å². The van der Waals surface area contributed by atoms with Crippen LogP contribution < -0.4 is 0 Å². The van der Waals surface area contributed by atoms with E-state index < -0.39 is 0 Å². The molecule has 0 radical (unpaired) electrons. The normalized spacial score (nSPS) is 38.2. The fraction of sp³-hybridized carbons (Fsp3) is 0.727. The molecule has 4 heteroatoms. The van der Waals surface area contributed by atoms with Gasteiger partial charge in [0.05, 0.1) is 13.2 Å². The molecule has 0 amide bonds. The third-order valence-corrected chi connectivity index (χ3v) is 8.03. The van der Waals surface area contributed by atoms with E-state index in [-0.39, 0.29) is 11.2 Å². The van der Waals surface area contributed by atoms with Crippen LogP contribution in [0.5, 0.6) is 5.75 Å². The summed E-state index contributed by atoms with van der Waals surface area (Å²) >= 11 is 0. The first kappa shape index (κ1) is 15.9. The number of piperidine rings is 1. The summed E-state index contributed by atoms with van der Waals surface area (Å²) in [5.41, 5.74) is 3.10. The van der Waals surface area contributed by atoms with Crippen molar-refractivity contribution in [3.63, 3.8) is 0 Å². The van der Waals surface area contributed by atoms with Crippen LogP contribution in [0.1, 0.15) is 49.7 Å². The predicted molar refractivity (Wildman–Crippen MR) is 98.2 cm³/mol. The van der Waals surface area contributed by atoms with Crippen molar-refractivity contribution in [3.05, 3.63) is 29.3 Å². The first-order chi connectivity index (χ1) is 12.7. The molecule has 2 saturated heterocycles. The molecule has 0 unspecified atom stereocenters. The Morgan fingerprint density at radius 3 is 2.77 bits per heavy atom. The van der Waals surface area contributed by atoms with E-state index in [4.69, 9.17) is 9.47 Å². The van der Waals surface area contributed by atoms with Gasteiger partial charge in [0.15, 0.2) is 5.79 Å². The molecule has 140 valence electrons. The van der Waals surface area contributed by atoms with Crippen LogP contribution in [0, 0.1) is 11.8 Å². The van der Waals surface area contributed by atoms with Crippen molar-refractivity contribution in [2.75, 3.05) is 26.3 Å². The van der Waals surface area contributed by atoms with Crippen molar-refractivity contribution in [2.45, 2.75) is 62.2 Å². The molecular weight excluding hydrogens is 326 g/mol. The highest BCUT2D eigenvalue weighted by Crippen LogP contribution is 2.59. The first-order valence-corrected chi connectivity index (χ1v) is 10.5. The summed E-state index contributed by atoms with van der Waals surface area (Å²) in [7, 11) is 0. The molecule has 0 aromatic heterocycles. The molecular formula is C22H29NO3. The zero-order chi connectivity index (χ0) is 17.4. The summed E-state index contributed by atoms with van der Waals surface area (Å²) in [6.45, 7) is 3.97. The maximum absolute atomic E-state index is 10.2. The Morgan fingerprint density at radius 1 is 1.12 bits per heavy atom. The largest absolute Gasteiger partial charge is 0.508 e. The minimum absolute atomic E-state index is 0.206. The average Bonchev–Trinajstić information content (AvgIpc) is 3.36. The maximum atomic E-state index is 10.2. The summed E-state index contributed by atoms with van der Waals surface area (Å²) in [6, 6.07) is 6.74. The van der Waals surface area contributed by atoms with Crippen molar-refractivity contribution in [1.29, 1.82) is 0 Å². The fourth-order valence-corrected chi connectivity index (χ4v) is 6.60. The standard InChI is InChI=1S/C22H29NO3/c24-17-4-3-16-11-20-19-13-22(25-9-10-26-22)6-5-21(19,18(16)12-17)7-8-23(20)14-15-1-2-15/h3-4,12,15,19-20,24H,1-2,5-11,13-14H2/t19-,20+,21-/m0/s1. The van der Waals surface area contributed by atoms with Crippen LogP contribution in [0.3, 0.4) is 0 Å². The highest BCUT2D eigenvalue weighted by molar-refractivity contribution is 5.45. The van der Waals surface area contributed by atoms with Gasteiger partial charge in [0.2, 0.25) is 0 Å². The van der Waals surface area contributed by atoms with Gasteiger partial charge in [-0.3, -0.25) is 4.90 Å². The lowest BCUT2D eigenvalue weighted by molar-refractivity contribution is -0.213. The molecule has 2 heterocycles. The van der Waals surface area contributed by atoms with Gasteiger partial charge in [0.25, 0.3) is 0 Å². The molecule has 1 aromatic rings. The SMILES string of the molecule is Oc1ccc2c(c1)[C@]13CCN(CC4CC4)[C@H](C2)[C@@H]1CC1(CC3)OCCO1. The summed E-state index contributed by atoms with van der Waals surface area (Å²) < 4.78 is 12.3. The van der Waals surface area contributed by atoms with Gasteiger partial charge in [0.1, 0.15) is 5.75 Å². The van der Waals surface area contributed by atoms with Gasteiger partial charge < -0.3 is 14.6 Å². The van der Waals surface area contributed by atoms with E-state index in [1.54, 1.807) is 0 Å². The molecule has 1 aromatic carbocycles. The molecule has 4 nitrogen and oxygen atoms in total. The van der Waals surface area contributed by atoms with E-state index in [1.165, 1.54) is 43.5 Å². The second kappa shape index (κ2) is 5.46. The summed E-state index contributed by atoms with van der Waals surface area (Å²) in [5.74, 6) is 1.60. The number of aromatic hydroxyl groups is 1. The van der Waals surface area contributed by atoms with Crippen molar-refractivity contribution in [2.24, 2.45) is 11.8 Å². The zero-order valence-corrected chi connectivity index (χ0v) is 15.5. The Labute approximate surface area is 155 Å². The molecule has 2 saturated carbocycles. The number of ether oxygens (including phenoxy) is 2. The van der Waals surface area contributed by atoms with E-state index in [0.29, 0.717) is 17.7 Å². The Bertz CT molecular complexity index is 724. The summed E-state index contributed by atoms with van der Waals surface area (Å²) in [5, 5.41) is 10.2. The monoisotopic (exact) mass is 355 g/mol. The Hall–Kier alpha value is -1.10. The second-order valence-electron chi connectivity index (χ2n) is 9.38. The molecule has 3 aliphatic carbocycles. The Kier molecular flexibility index (Phi) is 3.34. The van der Waals surface area contributed by atoms with Crippen molar-refractivity contribution in [1.82, 2.24) is 4.90 Å². The highest BCUT2D eigenvalue weighted by atomic mass is 16.7. The Balaban J connectivity index is 1.43. The molecule has 2 bridgehead atoms. The molecule has 4 fully saturated rings. The lowest BCUT2D eigenvalue weighted by Crippen LogP contribution is -2.64. The van der Waals surface area contributed by atoms with Gasteiger partial charge in [-0.1, -0.05) is 6.07 Å². The highest BCUT2D eigenvalue weighted by Gasteiger charge is 2.60. The molecule has 3 atom stereocenters. The minimum atomic E-state index is -0.330. The molecule has 26 heavy (non-hydrogen) atoms. The van der Waals surface area contributed by atoms with Crippen LogP contribution in [-0.4, -0.2) is 48.1 Å². The van der Waals surface area contributed by atoms with Gasteiger partial charge in [-0.15, -0.1) is 0 Å². The lowest BCUT2D eigenvalue weighted by atomic mass is 9.51. The van der Waals surface area contributed by atoms with E-state index in [9.17, 15) is 5.11 Å². The number of hydrogen-bond acceptors (Lipinski definition) is 4. The van der Waals surface area contributed by atoms with E-state index in [2.05, 4.69) is 17.0 Å². The third kappa shape index (κ3) is 2.25. The Morgan fingerprint density at radius 2 is 1.96 bits per heavy atom. The molecule has 2 aliphatic heterocycles. The van der Waals surface area contributed by atoms with Crippen LogP contribution in [-0.2, 0) is 21.3 Å². The molecule has 1 spiro atoms. The predicted octanol–water partition coefficient (Wildman–Crippen LogP) is 3.21. The van der Waals surface area contributed by atoms with Gasteiger partial charge in [-0.25, -0.2) is 0 Å². The van der Waals surface area contributed by atoms with Gasteiger partial charge in [-0.2, -0.15) is 0 Å². The van der Waals surface area contributed by atoms with Crippen molar-refractivity contribution >= 4 is 0 Å². The van der Waals surface area contributed by atoms with Gasteiger partial charge in [0, 0.05) is 30.8 Å². The van der Waals surface area contributed by atoms with E-state index in [1.807, 2.05) is 6.07 Å². The topological polar surface area (TPSA) is 41.9 Å². The lowest BCUT2D eigenvalue weighted by Gasteiger charge is -2.61. The van der Waals surface area contributed by atoms with E-state index >= 15 is 0 Å². The quantitative estimate of drug-likeness (QED) is 0.885. The van der Waals surface area contributed by atoms with Crippen LogP contribution >= 0.6 is 0 Å². The zero-order valence-electron chi connectivity index (χ0n) is 15.5. The molecule has 1 N–H and O–H groups in total. The van der Waals surface area contributed by atoms with Crippen LogP contribution in [0.4, 0.5) is 0 Å². The number of benzene rings is 1. The van der Waals surface area contributed by atoms with E-state index in [0.717, 1.165) is 44.8 Å². The summed E-state index contributed by atoms with van der Waals surface area (Å²) in [6.07, 6.45) is 8.31. The molecule has 6 rings (SSSR count).